The number of carbonyl (C=O) groups excluding carboxylic acids is 2. The molecule has 1 aromatic rings. The van der Waals surface area contributed by atoms with Gasteiger partial charge in [-0.1, -0.05) is 11.6 Å². The van der Waals surface area contributed by atoms with E-state index in [2.05, 4.69) is 5.32 Å². The zero-order valence-corrected chi connectivity index (χ0v) is 12.9. The van der Waals surface area contributed by atoms with Gasteiger partial charge in [0, 0.05) is 10.8 Å². The fraction of sp³-hybridized carbons (Fsp3) is 0.429. The predicted molar refractivity (Wildman–Crippen MR) is 81.9 cm³/mol. The summed E-state index contributed by atoms with van der Waals surface area (Å²) < 4.78 is 5.53. The van der Waals surface area contributed by atoms with Gasteiger partial charge >= 0.3 is 6.03 Å². The van der Waals surface area contributed by atoms with Crippen molar-refractivity contribution in [2.24, 2.45) is 0 Å². The normalized spacial score (nSPS) is 24.7. The van der Waals surface area contributed by atoms with Crippen molar-refractivity contribution in [2.75, 3.05) is 24.7 Å². The predicted octanol–water partition coefficient (Wildman–Crippen LogP) is 2.15. The Morgan fingerprint density at radius 3 is 2.76 bits per heavy atom. The lowest BCUT2D eigenvalue weighted by atomic mass is 9.99. The molecule has 1 N–H and O–H groups in total. The number of carbonyl (C=O) groups is 2. The van der Waals surface area contributed by atoms with Gasteiger partial charge in [-0.2, -0.15) is 11.8 Å². The van der Waals surface area contributed by atoms with Crippen molar-refractivity contribution in [2.45, 2.75) is 12.0 Å². The van der Waals surface area contributed by atoms with Crippen LogP contribution in [-0.4, -0.2) is 47.0 Å². The van der Waals surface area contributed by atoms with Gasteiger partial charge in [-0.15, -0.1) is 0 Å². The Balaban J connectivity index is 1.56. The molecular formula is C14H15ClN2O3S. The molecule has 3 rings (SSSR count). The number of benzene rings is 1. The molecule has 0 radical (unpaired) electrons. The van der Waals surface area contributed by atoms with Crippen LogP contribution in [0.2, 0.25) is 5.02 Å². The van der Waals surface area contributed by atoms with E-state index in [1.165, 1.54) is 4.90 Å². The van der Waals surface area contributed by atoms with E-state index in [-0.39, 0.29) is 25.1 Å². The number of imide groups is 1. The molecule has 0 unspecified atom stereocenters. The molecule has 2 saturated heterocycles. The topological polar surface area (TPSA) is 58.6 Å². The van der Waals surface area contributed by atoms with Crippen LogP contribution in [0.25, 0.3) is 0 Å². The summed E-state index contributed by atoms with van der Waals surface area (Å²) in [5.41, 5.74) is -0.679. The number of halogens is 1. The standard InChI is InChI=1S/C14H15ClN2O3S/c15-10-1-3-11(4-2-10)20-7-6-17-12(18)14(16-13(17)19)5-8-21-9-14/h1-4H,5-9H2,(H,16,19)/t14-/m1/s1. The van der Waals surface area contributed by atoms with Crippen LogP contribution in [0.3, 0.4) is 0 Å². The molecule has 2 aliphatic heterocycles. The van der Waals surface area contributed by atoms with Crippen LogP contribution in [0.15, 0.2) is 24.3 Å². The number of amides is 3. The lowest BCUT2D eigenvalue weighted by Gasteiger charge is -2.19. The second-order valence-corrected chi connectivity index (χ2v) is 6.62. The molecule has 1 aromatic carbocycles. The van der Waals surface area contributed by atoms with Gasteiger partial charge in [0.1, 0.15) is 17.9 Å². The van der Waals surface area contributed by atoms with Gasteiger partial charge in [0.05, 0.1) is 6.54 Å². The monoisotopic (exact) mass is 326 g/mol. The summed E-state index contributed by atoms with van der Waals surface area (Å²) in [7, 11) is 0. The van der Waals surface area contributed by atoms with E-state index >= 15 is 0 Å². The van der Waals surface area contributed by atoms with E-state index in [9.17, 15) is 9.59 Å². The maximum Gasteiger partial charge on any atom is 0.325 e. The Morgan fingerprint density at radius 2 is 2.10 bits per heavy atom. The number of rotatable bonds is 4. The molecule has 2 fully saturated rings. The molecule has 0 aromatic heterocycles. The van der Waals surface area contributed by atoms with E-state index in [0.717, 1.165) is 5.75 Å². The third-order valence-electron chi connectivity index (χ3n) is 3.66. The fourth-order valence-corrected chi connectivity index (χ4v) is 3.95. The Morgan fingerprint density at radius 1 is 1.33 bits per heavy atom. The zero-order chi connectivity index (χ0) is 14.9. The van der Waals surface area contributed by atoms with E-state index in [4.69, 9.17) is 16.3 Å². The van der Waals surface area contributed by atoms with Crippen LogP contribution >= 0.6 is 23.4 Å². The summed E-state index contributed by atoms with van der Waals surface area (Å²) in [6.07, 6.45) is 0.705. The molecule has 0 saturated carbocycles. The molecule has 7 heteroatoms. The lowest BCUT2D eigenvalue weighted by Crippen LogP contribution is -2.47. The Hall–Kier alpha value is -1.40. The van der Waals surface area contributed by atoms with E-state index < -0.39 is 5.54 Å². The summed E-state index contributed by atoms with van der Waals surface area (Å²) in [4.78, 5) is 25.6. The molecule has 1 atom stereocenters. The third-order valence-corrected chi connectivity index (χ3v) is 5.11. The molecule has 2 heterocycles. The summed E-state index contributed by atoms with van der Waals surface area (Å²) in [5.74, 6) is 2.10. The summed E-state index contributed by atoms with van der Waals surface area (Å²) >= 11 is 7.49. The molecule has 0 bridgehead atoms. The zero-order valence-electron chi connectivity index (χ0n) is 11.3. The van der Waals surface area contributed by atoms with E-state index in [0.29, 0.717) is 22.9 Å². The Kier molecular flexibility index (Phi) is 3.99. The van der Waals surface area contributed by atoms with Gasteiger partial charge in [0.25, 0.3) is 5.91 Å². The summed E-state index contributed by atoms with van der Waals surface area (Å²) in [6, 6.07) is 6.65. The Bertz CT molecular complexity index is 558. The number of urea groups is 1. The van der Waals surface area contributed by atoms with Crippen LogP contribution in [0.4, 0.5) is 4.79 Å². The highest BCUT2D eigenvalue weighted by molar-refractivity contribution is 7.99. The van der Waals surface area contributed by atoms with Gasteiger partial charge in [0.2, 0.25) is 0 Å². The molecule has 5 nitrogen and oxygen atoms in total. The van der Waals surface area contributed by atoms with Crippen molar-refractivity contribution >= 4 is 35.3 Å². The lowest BCUT2D eigenvalue weighted by molar-refractivity contribution is -0.130. The minimum Gasteiger partial charge on any atom is -0.492 e. The first-order valence-corrected chi connectivity index (χ1v) is 8.24. The molecule has 3 amide bonds. The number of thioether (sulfide) groups is 1. The minimum atomic E-state index is -0.679. The average molecular weight is 327 g/mol. The second-order valence-electron chi connectivity index (χ2n) is 5.07. The van der Waals surface area contributed by atoms with Gasteiger partial charge < -0.3 is 10.1 Å². The molecule has 112 valence electrons. The van der Waals surface area contributed by atoms with E-state index in [1.807, 2.05) is 0 Å². The SMILES string of the molecule is O=C1N[C@@]2(CCSC2)C(=O)N1CCOc1ccc(Cl)cc1. The average Bonchev–Trinajstić information content (AvgIpc) is 3.02. The Labute approximate surface area is 132 Å². The highest BCUT2D eigenvalue weighted by atomic mass is 35.5. The van der Waals surface area contributed by atoms with E-state index in [1.54, 1.807) is 36.0 Å². The molecule has 2 aliphatic rings. The summed E-state index contributed by atoms with van der Waals surface area (Å²) in [6.45, 7) is 0.518. The minimum absolute atomic E-state index is 0.128. The van der Waals surface area contributed by atoms with Crippen LogP contribution in [-0.2, 0) is 4.79 Å². The van der Waals surface area contributed by atoms with Crippen molar-refractivity contribution in [1.29, 1.82) is 0 Å². The van der Waals surface area contributed by atoms with Gasteiger partial charge in [-0.3, -0.25) is 9.69 Å². The van der Waals surface area contributed by atoms with Crippen LogP contribution in [0, 0.1) is 0 Å². The maximum absolute atomic E-state index is 12.4. The van der Waals surface area contributed by atoms with Crippen LogP contribution in [0.5, 0.6) is 5.75 Å². The fourth-order valence-electron chi connectivity index (χ4n) is 2.50. The molecule has 0 aliphatic carbocycles. The number of hydrogen-bond acceptors (Lipinski definition) is 4. The van der Waals surface area contributed by atoms with Gasteiger partial charge in [-0.25, -0.2) is 4.79 Å². The number of nitrogens with one attached hydrogen (secondary N) is 1. The molecule has 21 heavy (non-hydrogen) atoms. The van der Waals surface area contributed by atoms with Crippen molar-refractivity contribution in [3.8, 4) is 5.75 Å². The van der Waals surface area contributed by atoms with Crippen molar-refractivity contribution in [3.63, 3.8) is 0 Å². The number of hydrogen-bond donors (Lipinski definition) is 1. The quantitative estimate of drug-likeness (QED) is 0.861. The van der Waals surface area contributed by atoms with Crippen molar-refractivity contribution in [1.82, 2.24) is 10.2 Å². The largest absolute Gasteiger partial charge is 0.492 e. The first-order chi connectivity index (χ1) is 10.1. The smallest absolute Gasteiger partial charge is 0.325 e. The summed E-state index contributed by atoms with van der Waals surface area (Å²) in [5, 5.41) is 3.47. The molecular weight excluding hydrogens is 312 g/mol. The van der Waals surface area contributed by atoms with Crippen molar-refractivity contribution in [3.05, 3.63) is 29.3 Å². The first-order valence-electron chi connectivity index (χ1n) is 6.71. The second kappa shape index (κ2) is 5.77. The van der Waals surface area contributed by atoms with Crippen molar-refractivity contribution < 1.29 is 14.3 Å². The number of ether oxygens (including phenoxy) is 1. The first kappa shape index (κ1) is 14.5. The number of nitrogens with zero attached hydrogens (tertiary/aromatic N) is 1. The highest BCUT2D eigenvalue weighted by Crippen LogP contribution is 2.33. The van der Waals surface area contributed by atoms with Gasteiger partial charge in [0.15, 0.2) is 0 Å². The van der Waals surface area contributed by atoms with Gasteiger partial charge in [-0.05, 0) is 36.4 Å². The maximum atomic E-state index is 12.4. The molecule has 1 spiro atoms. The van der Waals surface area contributed by atoms with Crippen LogP contribution in [0.1, 0.15) is 6.42 Å². The highest BCUT2D eigenvalue weighted by Gasteiger charge is 2.52. The van der Waals surface area contributed by atoms with Crippen LogP contribution < -0.4 is 10.1 Å². The third kappa shape index (κ3) is 2.82.